The Bertz CT molecular complexity index is 834. The van der Waals surface area contributed by atoms with Crippen LogP contribution in [0.4, 0.5) is 0 Å². The van der Waals surface area contributed by atoms with Crippen LogP contribution >= 0.6 is 0 Å². The predicted molar refractivity (Wildman–Crippen MR) is 230 cm³/mol. The van der Waals surface area contributed by atoms with Crippen LogP contribution in [0.3, 0.4) is 0 Å². The zero-order chi connectivity index (χ0) is 41.2. The number of carbonyl (C=O) groups is 4. The second-order valence-electron chi connectivity index (χ2n) is 16.4. The maximum Gasteiger partial charge on any atom is 0.308 e. The SMILES string of the molecule is CCCCCCCCCCCCCCCCCC(=O)OC(C)OC(=O)CCCCCCC(=O)OC(C)OC(=O)CCCCCCCCCCCCCCCCC. The average molecular weight is 795 g/mol. The van der Waals surface area contributed by atoms with E-state index in [1.54, 1.807) is 13.8 Å². The third kappa shape index (κ3) is 41.5. The smallest absolute Gasteiger partial charge is 0.308 e. The topological polar surface area (TPSA) is 105 Å². The summed E-state index contributed by atoms with van der Waals surface area (Å²) in [7, 11) is 0. The highest BCUT2D eigenvalue weighted by molar-refractivity contribution is 5.72. The van der Waals surface area contributed by atoms with E-state index in [9.17, 15) is 19.2 Å². The van der Waals surface area contributed by atoms with Crippen molar-refractivity contribution in [3.8, 4) is 0 Å². The molecule has 0 fully saturated rings. The van der Waals surface area contributed by atoms with Crippen molar-refractivity contribution in [2.24, 2.45) is 0 Å². The molecule has 0 N–H and O–H groups in total. The molecule has 330 valence electrons. The molecule has 0 heterocycles. The van der Waals surface area contributed by atoms with E-state index in [1.165, 1.54) is 154 Å². The van der Waals surface area contributed by atoms with Gasteiger partial charge >= 0.3 is 23.9 Å². The molecular formula is C48H90O8. The zero-order valence-electron chi connectivity index (χ0n) is 37.3. The number of carbonyl (C=O) groups excluding carboxylic acids is 4. The van der Waals surface area contributed by atoms with Crippen LogP contribution in [0.2, 0.25) is 0 Å². The fourth-order valence-electron chi connectivity index (χ4n) is 7.20. The number of rotatable bonds is 43. The highest BCUT2D eigenvalue weighted by atomic mass is 16.7. The van der Waals surface area contributed by atoms with Crippen molar-refractivity contribution in [3.63, 3.8) is 0 Å². The van der Waals surface area contributed by atoms with Crippen LogP contribution in [0.1, 0.15) is 272 Å². The van der Waals surface area contributed by atoms with Crippen LogP contribution in [0, 0.1) is 0 Å². The van der Waals surface area contributed by atoms with Crippen molar-refractivity contribution in [2.75, 3.05) is 0 Å². The van der Waals surface area contributed by atoms with Crippen molar-refractivity contribution in [2.45, 2.75) is 284 Å². The van der Waals surface area contributed by atoms with E-state index in [2.05, 4.69) is 13.8 Å². The monoisotopic (exact) mass is 795 g/mol. The van der Waals surface area contributed by atoms with Crippen molar-refractivity contribution < 1.29 is 38.1 Å². The van der Waals surface area contributed by atoms with Gasteiger partial charge in [-0.1, -0.05) is 206 Å². The minimum Gasteiger partial charge on any atom is -0.425 e. The summed E-state index contributed by atoms with van der Waals surface area (Å²) in [5, 5.41) is 0. The van der Waals surface area contributed by atoms with Gasteiger partial charge in [0.1, 0.15) is 0 Å². The summed E-state index contributed by atoms with van der Waals surface area (Å²) in [5.41, 5.74) is 0. The molecule has 0 saturated carbocycles. The molecule has 0 aromatic rings. The van der Waals surface area contributed by atoms with E-state index < -0.39 is 24.5 Å². The Labute approximate surface area is 345 Å². The summed E-state index contributed by atoms with van der Waals surface area (Å²) >= 11 is 0. The summed E-state index contributed by atoms with van der Waals surface area (Å²) in [5.74, 6) is -1.43. The van der Waals surface area contributed by atoms with E-state index in [1.807, 2.05) is 0 Å². The molecule has 0 saturated heterocycles. The Balaban J connectivity index is 3.59. The van der Waals surface area contributed by atoms with E-state index >= 15 is 0 Å². The molecule has 0 aromatic heterocycles. The van der Waals surface area contributed by atoms with Gasteiger partial charge in [0.2, 0.25) is 12.6 Å². The van der Waals surface area contributed by atoms with Crippen molar-refractivity contribution in [1.82, 2.24) is 0 Å². The van der Waals surface area contributed by atoms with E-state index in [4.69, 9.17) is 18.9 Å². The van der Waals surface area contributed by atoms with Gasteiger partial charge < -0.3 is 18.9 Å². The lowest BCUT2D eigenvalue weighted by atomic mass is 10.0. The first-order valence-electron chi connectivity index (χ1n) is 24.1. The van der Waals surface area contributed by atoms with Crippen molar-refractivity contribution in [3.05, 3.63) is 0 Å². The maximum absolute atomic E-state index is 12.2. The third-order valence-electron chi connectivity index (χ3n) is 10.7. The second-order valence-corrected chi connectivity index (χ2v) is 16.4. The summed E-state index contributed by atoms with van der Waals surface area (Å²) in [6.45, 7) is 7.68. The average Bonchev–Trinajstić information content (AvgIpc) is 3.15. The van der Waals surface area contributed by atoms with Gasteiger partial charge in [-0.2, -0.15) is 0 Å². The summed E-state index contributed by atoms with van der Waals surface area (Å²) in [6, 6.07) is 0. The van der Waals surface area contributed by atoms with Gasteiger partial charge in [0.25, 0.3) is 0 Å². The maximum atomic E-state index is 12.2. The Morgan fingerprint density at radius 3 is 0.571 bits per heavy atom. The number of hydrogen-bond acceptors (Lipinski definition) is 8. The fraction of sp³-hybridized carbons (Fsp3) is 0.917. The minimum atomic E-state index is -0.888. The first-order valence-corrected chi connectivity index (χ1v) is 24.1. The second kappa shape index (κ2) is 42.5. The lowest BCUT2D eigenvalue weighted by molar-refractivity contribution is -0.186. The molecule has 0 aromatic carbocycles. The number of unbranched alkanes of at least 4 members (excludes halogenated alkanes) is 31. The minimum absolute atomic E-state index is 0.234. The summed E-state index contributed by atoms with van der Waals surface area (Å²) in [4.78, 5) is 48.6. The number of ether oxygens (including phenoxy) is 4. The first kappa shape index (κ1) is 53.9. The molecule has 0 aliphatic heterocycles. The zero-order valence-corrected chi connectivity index (χ0v) is 37.3. The molecular weight excluding hydrogens is 705 g/mol. The Morgan fingerprint density at radius 2 is 0.411 bits per heavy atom. The molecule has 0 aliphatic carbocycles. The van der Waals surface area contributed by atoms with Crippen LogP contribution in [0.15, 0.2) is 0 Å². The van der Waals surface area contributed by atoms with Gasteiger partial charge in [-0.15, -0.1) is 0 Å². The molecule has 2 unspecified atom stereocenters. The number of esters is 4. The van der Waals surface area contributed by atoms with Gasteiger partial charge in [0.05, 0.1) is 0 Å². The first-order chi connectivity index (χ1) is 27.3. The third-order valence-corrected chi connectivity index (χ3v) is 10.7. The lowest BCUT2D eigenvalue weighted by Gasteiger charge is -2.14. The van der Waals surface area contributed by atoms with Gasteiger partial charge in [-0.3, -0.25) is 19.2 Å². The van der Waals surface area contributed by atoms with Crippen molar-refractivity contribution in [1.29, 1.82) is 0 Å². The van der Waals surface area contributed by atoms with Gasteiger partial charge in [-0.05, 0) is 25.7 Å². The fourth-order valence-corrected chi connectivity index (χ4v) is 7.20. The predicted octanol–water partition coefficient (Wildman–Crippen LogP) is 14.7. The normalized spacial score (nSPS) is 12.3. The molecule has 0 spiro atoms. The van der Waals surface area contributed by atoms with Crippen molar-refractivity contribution >= 4 is 23.9 Å². The molecule has 56 heavy (non-hydrogen) atoms. The summed E-state index contributed by atoms with van der Waals surface area (Å²) < 4.78 is 21.0. The largest absolute Gasteiger partial charge is 0.425 e. The molecule has 8 heteroatoms. The Hall–Kier alpha value is -2.12. The van der Waals surface area contributed by atoms with Gasteiger partial charge in [0.15, 0.2) is 0 Å². The van der Waals surface area contributed by atoms with E-state index in [-0.39, 0.29) is 24.8 Å². The van der Waals surface area contributed by atoms with Crippen LogP contribution in [0.25, 0.3) is 0 Å². The van der Waals surface area contributed by atoms with Gasteiger partial charge in [0, 0.05) is 39.5 Å². The van der Waals surface area contributed by atoms with Gasteiger partial charge in [-0.25, -0.2) is 0 Å². The molecule has 2 atom stereocenters. The van der Waals surface area contributed by atoms with Crippen LogP contribution in [-0.2, 0) is 38.1 Å². The van der Waals surface area contributed by atoms with E-state index in [0.717, 1.165) is 51.4 Å². The van der Waals surface area contributed by atoms with Crippen LogP contribution in [-0.4, -0.2) is 36.5 Å². The molecule has 0 amide bonds. The molecule has 0 rings (SSSR count). The Morgan fingerprint density at radius 1 is 0.268 bits per heavy atom. The molecule has 0 radical (unpaired) electrons. The molecule has 0 aliphatic rings. The highest BCUT2D eigenvalue weighted by Gasteiger charge is 2.15. The quantitative estimate of drug-likeness (QED) is 0.0341. The standard InChI is InChI=1S/C48H90O8/c1-5-7-9-11-13-15-17-19-21-23-25-27-29-31-35-39-45(49)53-43(3)55-47(51)41-37-33-34-38-42-48(52)56-44(4)54-46(50)40-36-32-30-28-26-24-22-20-18-16-14-12-10-8-6-2/h43-44H,5-42H2,1-4H3. The van der Waals surface area contributed by atoms with Crippen LogP contribution < -0.4 is 0 Å². The van der Waals surface area contributed by atoms with Crippen LogP contribution in [0.5, 0.6) is 0 Å². The Kier molecular flexibility index (Phi) is 40.9. The summed E-state index contributed by atoms with van der Waals surface area (Å²) in [6.07, 6.45) is 40.5. The highest BCUT2D eigenvalue weighted by Crippen LogP contribution is 2.16. The molecule has 8 nitrogen and oxygen atoms in total. The number of hydrogen-bond donors (Lipinski definition) is 0. The molecule has 0 bridgehead atoms. The van der Waals surface area contributed by atoms with E-state index in [0.29, 0.717) is 25.7 Å². The lowest BCUT2D eigenvalue weighted by Crippen LogP contribution is -2.21.